The summed E-state index contributed by atoms with van der Waals surface area (Å²) in [5, 5.41) is 0. The van der Waals surface area contributed by atoms with E-state index in [1.807, 2.05) is 25.1 Å². The molecular weight excluding hydrogens is 204 g/mol. The molecule has 0 N–H and O–H groups in total. The molecule has 0 bridgehead atoms. The Labute approximate surface area is 96.4 Å². The molecule has 0 aromatic heterocycles. The highest BCUT2D eigenvalue weighted by Crippen LogP contribution is 2.31. The van der Waals surface area contributed by atoms with Crippen molar-refractivity contribution in [3.63, 3.8) is 0 Å². The lowest BCUT2D eigenvalue weighted by atomic mass is 9.96. The summed E-state index contributed by atoms with van der Waals surface area (Å²) in [6.07, 6.45) is 0.880. The van der Waals surface area contributed by atoms with Crippen molar-refractivity contribution in [2.45, 2.75) is 26.2 Å². The summed E-state index contributed by atoms with van der Waals surface area (Å²) < 4.78 is 10.1. The van der Waals surface area contributed by atoms with Crippen molar-refractivity contribution in [2.75, 3.05) is 14.2 Å². The Morgan fingerprint density at radius 3 is 2.56 bits per heavy atom. The van der Waals surface area contributed by atoms with E-state index in [4.69, 9.17) is 9.47 Å². The first-order chi connectivity index (χ1) is 7.65. The summed E-state index contributed by atoms with van der Waals surface area (Å²) in [7, 11) is 3.02. The molecule has 1 rings (SSSR count). The zero-order chi connectivity index (χ0) is 12.1. The van der Waals surface area contributed by atoms with Crippen LogP contribution in [0.3, 0.4) is 0 Å². The van der Waals surface area contributed by atoms with Gasteiger partial charge in [0, 0.05) is 5.56 Å². The molecule has 0 spiro atoms. The van der Waals surface area contributed by atoms with Crippen LogP contribution in [0.5, 0.6) is 5.75 Å². The van der Waals surface area contributed by atoms with Crippen LogP contribution in [-0.2, 0) is 16.0 Å². The van der Waals surface area contributed by atoms with Crippen LogP contribution in [0.1, 0.15) is 30.9 Å². The van der Waals surface area contributed by atoms with Gasteiger partial charge in [0.2, 0.25) is 0 Å². The Morgan fingerprint density at radius 1 is 1.38 bits per heavy atom. The fourth-order valence-corrected chi connectivity index (χ4v) is 1.78. The molecule has 0 aliphatic heterocycles. The fraction of sp³-hybridized carbons (Fsp3) is 0.462. The molecule has 1 aromatic carbocycles. The smallest absolute Gasteiger partial charge is 0.312 e. The molecule has 88 valence electrons. The summed E-state index contributed by atoms with van der Waals surface area (Å²) in [6, 6.07) is 5.85. The number of carbonyl (C=O) groups is 1. The maximum absolute atomic E-state index is 11.5. The average Bonchev–Trinajstić information content (AvgIpc) is 2.35. The van der Waals surface area contributed by atoms with Crippen LogP contribution in [0.4, 0.5) is 0 Å². The zero-order valence-corrected chi connectivity index (χ0v) is 10.2. The summed E-state index contributed by atoms with van der Waals surface area (Å²) in [4.78, 5) is 11.5. The van der Waals surface area contributed by atoms with Gasteiger partial charge in [0.25, 0.3) is 0 Å². The molecule has 1 atom stereocenters. The van der Waals surface area contributed by atoms with E-state index in [9.17, 15) is 4.79 Å². The highest BCUT2D eigenvalue weighted by Gasteiger charge is 2.20. The van der Waals surface area contributed by atoms with E-state index in [2.05, 4.69) is 6.92 Å². The lowest BCUT2D eigenvalue weighted by molar-refractivity contribution is -0.142. The van der Waals surface area contributed by atoms with Crippen molar-refractivity contribution in [1.82, 2.24) is 0 Å². The van der Waals surface area contributed by atoms with Gasteiger partial charge in [-0.2, -0.15) is 0 Å². The molecule has 0 fully saturated rings. The van der Waals surface area contributed by atoms with Gasteiger partial charge in [0.15, 0.2) is 0 Å². The van der Waals surface area contributed by atoms with E-state index < -0.39 is 0 Å². The number of aryl methyl sites for hydroxylation is 1. The molecule has 0 amide bonds. The molecule has 1 unspecified atom stereocenters. The largest absolute Gasteiger partial charge is 0.496 e. The summed E-state index contributed by atoms with van der Waals surface area (Å²) in [6.45, 7) is 3.88. The predicted octanol–water partition coefficient (Wildman–Crippen LogP) is 2.53. The van der Waals surface area contributed by atoms with Crippen LogP contribution in [0.15, 0.2) is 18.2 Å². The lowest BCUT2D eigenvalue weighted by Crippen LogP contribution is -2.12. The van der Waals surface area contributed by atoms with E-state index in [0.717, 1.165) is 23.3 Å². The van der Waals surface area contributed by atoms with Gasteiger partial charge >= 0.3 is 5.97 Å². The highest BCUT2D eigenvalue weighted by molar-refractivity contribution is 5.78. The second-order valence-electron chi connectivity index (χ2n) is 3.64. The molecule has 0 saturated heterocycles. The SMILES string of the molecule is CCc1cccc(C(C)C(=O)OC)c1OC. The van der Waals surface area contributed by atoms with Gasteiger partial charge < -0.3 is 9.47 Å². The van der Waals surface area contributed by atoms with Gasteiger partial charge in [-0.1, -0.05) is 25.1 Å². The van der Waals surface area contributed by atoms with Crippen molar-refractivity contribution < 1.29 is 14.3 Å². The van der Waals surface area contributed by atoms with E-state index in [-0.39, 0.29) is 11.9 Å². The second-order valence-corrected chi connectivity index (χ2v) is 3.64. The normalized spacial score (nSPS) is 12.0. The van der Waals surface area contributed by atoms with E-state index in [1.165, 1.54) is 7.11 Å². The maximum atomic E-state index is 11.5. The summed E-state index contributed by atoms with van der Waals surface area (Å²) in [5.41, 5.74) is 1.99. The fourth-order valence-electron chi connectivity index (χ4n) is 1.78. The minimum Gasteiger partial charge on any atom is -0.496 e. The van der Waals surface area contributed by atoms with Gasteiger partial charge in [0.1, 0.15) is 5.75 Å². The van der Waals surface area contributed by atoms with Crippen molar-refractivity contribution in [1.29, 1.82) is 0 Å². The second kappa shape index (κ2) is 5.54. The number of carbonyl (C=O) groups excluding carboxylic acids is 1. The number of hydrogen-bond acceptors (Lipinski definition) is 3. The van der Waals surface area contributed by atoms with Gasteiger partial charge in [-0.05, 0) is 18.9 Å². The standard InChI is InChI=1S/C13H18O3/c1-5-10-7-6-8-11(12(10)15-3)9(2)13(14)16-4/h6-9H,5H2,1-4H3. The monoisotopic (exact) mass is 222 g/mol. The number of hydrogen-bond donors (Lipinski definition) is 0. The number of esters is 1. The Bertz CT molecular complexity index is 371. The average molecular weight is 222 g/mol. The summed E-state index contributed by atoms with van der Waals surface area (Å²) >= 11 is 0. The molecule has 3 heteroatoms. The first-order valence-corrected chi connectivity index (χ1v) is 5.39. The van der Waals surface area contributed by atoms with E-state index >= 15 is 0 Å². The third kappa shape index (κ3) is 2.35. The van der Waals surface area contributed by atoms with Gasteiger partial charge in [-0.3, -0.25) is 4.79 Å². The minimum absolute atomic E-state index is 0.244. The molecule has 0 aliphatic rings. The topological polar surface area (TPSA) is 35.5 Å². The van der Waals surface area contributed by atoms with E-state index in [1.54, 1.807) is 7.11 Å². The Balaban J connectivity index is 3.17. The number of benzene rings is 1. The quantitative estimate of drug-likeness (QED) is 0.734. The lowest BCUT2D eigenvalue weighted by Gasteiger charge is -2.16. The predicted molar refractivity (Wildman–Crippen MR) is 62.8 cm³/mol. The number of ether oxygens (including phenoxy) is 2. The first-order valence-electron chi connectivity index (χ1n) is 5.39. The van der Waals surface area contributed by atoms with Gasteiger partial charge in [-0.15, -0.1) is 0 Å². The first kappa shape index (κ1) is 12.6. The van der Waals surface area contributed by atoms with Crippen molar-refractivity contribution in [2.24, 2.45) is 0 Å². The molecule has 16 heavy (non-hydrogen) atoms. The molecule has 1 aromatic rings. The van der Waals surface area contributed by atoms with Gasteiger partial charge in [0.05, 0.1) is 20.1 Å². The molecule has 0 aliphatic carbocycles. The van der Waals surface area contributed by atoms with Crippen LogP contribution >= 0.6 is 0 Å². The van der Waals surface area contributed by atoms with Crippen molar-refractivity contribution in [3.05, 3.63) is 29.3 Å². The van der Waals surface area contributed by atoms with Crippen LogP contribution in [0, 0.1) is 0 Å². The van der Waals surface area contributed by atoms with Crippen LogP contribution in [0.25, 0.3) is 0 Å². The molecule has 0 radical (unpaired) electrons. The third-order valence-electron chi connectivity index (χ3n) is 2.73. The number of methoxy groups -OCH3 is 2. The molecular formula is C13H18O3. The third-order valence-corrected chi connectivity index (χ3v) is 2.73. The van der Waals surface area contributed by atoms with Gasteiger partial charge in [-0.25, -0.2) is 0 Å². The number of para-hydroxylation sites is 1. The highest BCUT2D eigenvalue weighted by atomic mass is 16.5. The Hall–Kier alpha value is -1.51. The Kier molecular flexibility index (Phi) is 4.35. The molecule has 0 saturated carbocycles. The van der Waals surface area contributed by atoms with Crippen molar-refractivity contribution >= 4 is 5.97 Å². The minimum atomic E-state index is -0.300. The van der Waals surface area contributed by atoms with Crippen molar-refractivity contribution in [3.8, 4) is 5.75 Å². The Morgan fingerprint density at radius 2 is 2.06 bits per heavy atom. The van der Waals surface area contributed by atoms with E-state index in [0.29, 0.717) is 0 Å². The zero-order valence-electron chi connectivity index (χ0n) is 10.2. The maximum Gasteiger partial charge on any atom is 0.312 e. The van der Waals surface area contributed by atoms with Crippen LogP contribution in [-0.4, -0.2) is 20.2 Å². The molecule has 0 heterocycles. The van der Waals surface area contributed by atoms with Crippen LogP contribution in [0.2, 0.25) is 0 Å². The van der Waals surface area contributed by atoms with Crippen LogP contribution < -0.4 is 4.74 Å². The summed E-state index contributed by atoms with van der Waals surface area (Å²) in [5.74, 6) is 0.251. The number of rotatable bonds is 4. The molecule has 3 nitrogen and oxygen atoms in total.